The molecule has 1 aliphatic carbocycles. The van der Waals surface area contributed by atoms with Crippen molar-refractivity contribution in [3.05, 3.63) is 59.1 Å². The third-order valence-electron chi connectivity index (χ3n) is 9.95. The van der Waals surface area contributed by atoms with Crippen molar-refractivity contribution in [1.82, 2.24) is 10.2 Å². The van der Waals surface area contributed by atoms with E-state index in [0.29, 0.717) is 23.0 Å². The number of nitrogens with zero attached hydrogens (tertiary/aromatic N) is 4. The van der Waals surface area contributed by atoms with Gasteiger partial charge in [0.2, 0.25) is 0 Å². The molecule has 0 unspecified atom stereocenters. The Balaban J connectivity index is 1.30. The van der Waals surface area contributed by atoms with Crippen molar-refractivity contribution < 1.29 is 0 Å². The number of amidine groups is 1. The number of likely N-dealkylation sites (tertiary alicyclic amines) is 1. The fraction of sp³-hybridized carbons (Fsp3) is 0.588. The topological polar surface area (TPSA) is 69.2 Å². The second-order valence-corrected chi connectivity index (χ2v) is 12.7. The Morgan fingerprint density at radius 2 is 1.77 bits per heavy atom. The van der Waals surface area contributed by atoms with Gasteiger partial charge < -0.3 is 20.9 Å². The lowest BCUT2D eigenvalue weighted by Gasteiger charge is -2.47. The Morgan fingerprint density at radius 3 is 2.42 bits per heavy atom. The summed E-state index contributed by atoms with van der Waals surface area (Å²) in [5, 5.41) is 3.74. The third-order valence-corrected chi connectivity index (χ3v) is 9.95. The summed E-state index contributed by atoms with van der Waals surface area (Å²) in [5.74, 6) is 0.440. The maximum Gasteiger partial charge on any atom is 0.149 e. The quantitative estimate of drug-likeness (QED) is 0.426. The third kappa shape index (κ3) is 6.22. The molecule has 0 radical (unpaired) electrons. The number of rotatable bonds is 6. The first-order valence-corrected chi connectivity index (χ1v) is 15.6. The molecule has 2 saturated heterocycles. The van der Waals surface area contributed by atoms with Gasteiger partial charge in [0.15, 0.2) is 0 Å². The van der Waals surface area contributed by atoms with Crippen LogP contribution in [0.25, 0.3) is 5.57 Å². The highest BCUT2D eigenvalue weighted by atomic mass is 15.1. The number of aryl methyl sites for hydroxylation is 1. The zero-order chi connectivity index (χ0) is 28.3. The van der Waals surface area contributed by atoms with Crippen molar-refractivity contribution in [3.8, 4) is 0 Å². The zero-order valence-corrected chi connectivity index (χ0v) is 25.4. The second kappa shape index (κ2) is 12.3. The number of allylic oxidation sites excluding steroid dienone is 3. The molecule has 6 heteroatoms. The lowest BCUT2D eigenvalue weighted by molar-refractivity contribution is 0.0944. The maximum absolute atomic E-state index is 6.38. The van der Waals surface area contributed by atoms with Crippen LogP contribution in [-0.4, -0.2) is 55.7 Å². The molecule has 216 valence electrons. The van der Waals surface area contributed by atoms with E-state index in [2.05, 4.69) is 72.7 Å². The predicted octanol–water partition coefficient (Wildman–Crippen LogP) is 6.58. The summed E-state index contributed by atoms with van der Waals surface area (Å²) < 4.78 is 0. The molecule has 3 N–H and O–H groups in total. The Morgan fingerprint density at radius 1 is 1.10 bits per heavy atom. The van der Waals surface area contributed by atoms with Gasteiger partial charge in [0, 0.05) is 47.9 Å². The number of piperidine rings is 2. The first-order valence-electron chi connectivity index (χ1n) is 15.6. The predicted molar refractivity (Wildman–Crippen MR) is 171 cm³/mol. The largest absolute Gasteiger partial charge is 0.384 e. The van der Waals surface area contributed by atoms with Gasteiger partial charge in [0.1, 0.15) is 11.5 Å². The Labute approximate surface area is 242 Å². The van der Waals surface area contributed by atoms with Gasteiger partial charge in [-0.1, -0.05) is 38.8 Å². The van der Waals surface area contributed by atoms with E-state index in [1.165, 1.54) is 82.1 Å². The molecule has 6 nitrogen and oxygen atoms in total. The molecule has 1 saturated carbocycles. The van der Waals surface area contributed by atoms with Gasteiger partial charge in [0.25, 0.3) is 0 Å². The smallest absolute Gasteiger partial charge is 0.149 e. The van der Waals surface area contributed by atoms with Crippen molar-refractivity contribution in [2.45, 2.75) is 91.0 Å². The number of nitrogens with two attached hydrogens (primary N) is 1. The van der Waals surface area contributed by atoms with Crippen molar-refractivity contribution in [3.63, 3.8) is 0 Å². The van der Waals surface area contributed by atoms with Gasteiger partial charge in [-0.25, -0.2) is 9.98 Å². The van der Waals surface area contributed by atoms with E-state index in [1.54, 1.807) is 0 Å². The fourth-order valence-electron chi connectivity index (χ4n) is 7.12. The molecule has 40 heavy (non-hydrogen) atoms. The molecule has 1 spiro atoms. The van der Waals surface area contributed by atoms with Gasteiger partial charge in [-0.2, -0.15) is 0 Å². The number of aliphatic imine (C=N–C) groups is 2. The lowest BCUT2D eigenvalue weighted by atomic mass is 9.71. The summed E-state index contributed by atoms with van der Waals surface area (Å²) in [6.45, 7) is 15.8. The molecule has 3 heterocycles. The molecular formula is C34H50N6. The Hall–Kier alpha value is -2.86. The molecule has 5 rings (SSSR count). The van der Waals surface area contributed by atoms with Crippen molar-refractivity contribution in [2.24, 2.45) is 21.1 Å². The van der Waals surface area contributed by atoms with Crippen LogP contribution in [0.3, 0.4) is 0 Å². The minimum atomic E-state index is 0.440. The summed E-state index contributed by atoms with van der Waals surface area (Å²) in [6.07, 6.45) is 14.4. The Kier molecular flexibility index (Phi) is 8.84. The van der Waals surface area contributed by atoms with Gasteiger partial charge in [0.05, 0.1) is 5.70 Å². The van der Waals surface area contributed by atoms with Crippen LogP contribution >= 0.6 is 0 Å². The normalized spacial score (nSPS) is 24.1. The average molecular weight is 543 g/mol. The molecule has 4 aliphatic rings. The van der Waals surface area contributed by atoms with Crippen molar-refractivity contribution in [1.29, 1.82) is 0 Å². The summed E-state index contributed by atoms with van der Waals surface area (Å²) in [5.41, 5.74) is 15.4. The van der Waals surface area contributed by atoms with Crippen molar-refractivity contribution in [2.75, 3.05) is 38.1 Å². The lowest BCUT2D eigenvalue weighted by Crippen LogP contribution is -2.46. The summed E-state index contributed by atoms with van der Waals surface area (Å²) in [6, 6.07) is 7.34. The maximum atomic E-state index is 6.38. The van der Waals surface area contributed by atoms with Gasteiger partial charge >= 0.3 is 0 Å². The number of anilines is 1. The van der Waals surface area contributed by atoms with Crippen molar-refractivity contribution >= 4 is 22.8 Å². The summed E-state index contributed by atoms with van der Waals surface area (Å²) in [7, 11) is 2.26. The molecule has 3 aliphatic heterocycles. The van der Waals surface area contributed by atoms with E-state index in [0.717, 1.165) is 47.6 Å². The van der Waals surface area contributed by atoms with E-state index in [9.17, 15) is 0 Å². The highest BCUT2D eigenvalue weighted by molar-refractivity contribution is 6.51. The van der Waals surface area contributed by atoms with Crippen LogP contribution in [0.15, 0.2) is 57.9 Å². The van der Waals surface area contributed by atoms with Crippen LogP contribution < -0.4 is 16.0 Å². The highest BCUT2D eigenvalue weighted by Crippen LogP contribution is 2.42. The molecular weight excluding hydrogens is 492 g/mol. The minimum Gasteiger partial charge on any atom is -0.384 e. The molecule has 3 fully saturated rings. The van der Waals surface area contributed by atoms with Gasteiger partial charge in [-0.15, -0.1) is 0 Å². The van der Waals surface area contributed by atoms with Crippen LogP contribution in [0.5, 0.6) is 0 Å². The number of benzene rings is 1. The van der Waals surface area contributed by atoms with E-state index in [4.69, 9.17) is 10.7 Å². The first kappa shape index (κ1) is 28.7. The standard InChI is InChI=1S/C34H50N6/c1-6-30(26(4)37-28-10-8-7-9-11-28)38-32-25(3)29(23-36-33(32)35)27-12-13-31(24(2)22-27)40-20-16-34(17-21-40)14-18-39(5)19-15-34/h12-13,22-23,28,37H,3,6-11,14-21H2,1-2,4-5H3,(H2,35,36)/b30-26+,38-32+. The zero-order valence-electron chi connectivity index (χ0n) is 25.4. The van der Waals surface area contributed by atoms with Gasteiger partial charge in [-0.3, -0.25) is 0 Å². The minimum absolute atomic E-state index is 0.440. The van der Waals surface area contributed by atoms with E-state index < -0.39 is 0 Å². The molecule has 0 amide bonds. The van der Waals surface area contributed by atoms with Crippen LogP contribution in [0.1, 0.15) is 89.2 Å². The SMILES string of the molecule is C=C1C(c2ccc(N3CCC4(CCN(C)CC4)CC3)c(C)c2)=CN=C(N)/C1=N/C(CC)=C(\C)NC1CCCCC1. The number of hydrogen-bond acceptors (Lipinski definition) is 6. The Bertz CT molecular complexity index is 1210. The second-order valence-electron chi connectivity index (χ2n) is 12.7. The monoisotopic (exact) mass is 542 g/mol. The van der Waals surface area contributed by atoms with E-state index >= 15 is 0 Å². The van der Waals surface area contributed by atoms with E-state index in [1.807, 2.05) is 6.20 Å². The van der Waals surface area contributed by atoms with Crippen LogP contribution in [0, 0.1) is 12.3 Å². The summed E-state index contributed by atoms with van der Waals surface area (Å²) >= 11 is 0. The van der Waals surface area contributed by atoms with Crippen LogP contribution in [0.4, 0.5) is 5.69 Å². The highest BCUT2D eigenvalue weighted by Gasteiger charge is 2.37. The number of nitrogens with one attached hydrogen (secondary N) is 1. The van der Waals surface area contributed by atoms with E-state index in [-0.39, 0.29) is 0 Å². The summed E-state index contributed by atoms with van der Waals surface area (Å²) in [4.78, 5) is 14.7. The molecule has 0 aromatic heterocycles. The molecule has 1 aromatic rings. The van der Waals surface area contributed by atoms with Crippen LogP contribution in [-0.2, 0) is 0 Å². The average Bonchev–Trinajstić information content (AvgIpc) is 2.96. The molecule has 0 atom stereocenters. The molecule has 1 aromatic carbocycles. The van der Waals surface area contributed by atoms with Crippen LogP contribution in [0.2, 0.25) is 0 Å². The fourth-order valence-corrected chi connectivity index (χ4v) is 7.12. The first-order chi connectivity index (χ1) is 19.3. The van der Waals surface area contributed by atoms with Gasteiger partial charge in [-0.05, 0) is 108 Å². The number of hydrogen-bond donors (Lipinski definition) is 2. The molecule has 0 bridgehead atoms.